The molecular formula is C12H21N3. The Morgan fingerprint density at radius 3 is 2.73 bits per heavy atom. The van der Waals surface area contributed by atoms with Gasteiger partial charge in [0.25, 0.3) is 0 Å². The second-order valence-electron chi connectivity index (χ2n) is 5.21. The summed E-state index contributed by atoms with van der Waals surface area (Å²) in [4.78, 5) is 4.74. The van der Waals surface area contributed by atoms with Crippen LogP contribution in [0, 0.1) is 0 Å². The molecule has 0 radical (unpaired) electrons. The van der Waals surface area contributed by atoms with Gasteiger partial charge in [-0.2, -0.15) is 0 Å². The minimum atomic E-state index is 0.156. The fourth-order valence-electron chi connectivity index (χ4n) is 2.40. The maximum Gasteiger partial charge on any atom is 0.109 e. The van der Waals surface area contributed by atoms with Gasteiger partial charge in [0.2, 0.25) is 0 Å². The average molecular weight is 207 g/mol. The highest BCUT2D eigenvalue weighted by molar-refractivity contribution is 5.22. The van der Waals surface area contributed by atoms with Crippen molar-refractivity contribution in [2.75, 3.05) is 6.54 Å². The zero-order chi connectivity index (χ0) is 11.1. The maximum atomic E-state index is 4.74. The third-order valence-corrected chi connectivity index (χ3v) is 2.94. The second kappa shape index (κ2) is 3.63. The van der Waals surface area contributed by atoms with E-state index in [0.29, 0.717) is 0 Å². The van der Waals surface area contributed by atoms with Crippen LogP contribution in [0.2, 0.25) is 0 Å². The Balaban J connectivity index is 2.54. The van der Waals surface area contributed by atoms with Crippen molar-refractivity contribution in [2.45, 2.75) is 52.6 Å². The molecule has 84 valence electrons. The van der Waals surface area contributed by atoms with Crippen molar-refractivity contribution < 1.29 is 0 Å². The van der Waals surface area contributed by atoms with E-state index < -0.39 is 0 Å². The van der Waals surface area contributed by atoms with E-state index in [1.165, 1.54) is 17.2 Å². The lowest BCUT2D eigenvalue weighted by Crippen LogP contribution is -2.30. The van der Waals surface area contributed by atoms with Crippen molar-refractivity contribution in [3.05, 3.63) is 17.2 Å². The largest absolute Gasteiger partial charge is 0.326 e. The van der Waals surface area contributed by atoms with Gasteiger partial charge in [-0.15, -0.1) is 0 Å². The van der Waals surface area contributed by atoms with Crippen molar-refractivity contribution in [3.63, 3.8) is 0 Å². The van der Waals surface area contributed by atoms with Gasteiger partial charge < -0.3 is 9.88 Å². The summed E-state index contributed by atoms with van der Waals surface area (Å²) in [6.45, 7) is 11.0. The first-order valence-corrected chi connectivity index (χ1v) is 5.84. The lowest BCUT2D eigenvalue weighted by atomic mass is 10.1. The molecule has 0 amide bonds. The Bertz CT molecular complexity index is 358. The van der Waals surface area contributed by atoms with Gasteiger partial charge in [0.1, 0.15) is 5.82 Å². The number of rotatable bonds is 1. The van der Waals surface area contributed by atoms with Crippen LogP contribution in [0.15, 0.2) is 0 Å². The zero-order valence-corrected chi connectivity index (χ0v) is 10.2. The van der Waals surface area contributed by atoms with Crippen molar-refractivity contribution in [1.82, 2.24) is 14.9 Å². The van der Waals surface area contributed by atoms with Crippen molar-refractivity contribution in [1.29, 1.82) is 0 Å². The van der Waals surface area contributed by atoms with Gasteiger partial charge in [-0.1, -0.05) is 6.92 Å². The molecule has 0 atom stereocenters. The van der Waals surface area contributed by atoms with Crippen LogP contribution in [0.3, 0.4) is 0 Å². The summed E-state index contributed by atoms with van der Waals surface area (Å²) in [7, 11) is 0. The number of nitrogens with one attached hydrogen (secondary N) is 1. The summed E-state index contributed by atoms with van der Waals surface area (Å²) >= 11 is 0. The molecule has 3 heteroatoms. The molecule has 1 aromatic heterocycles. The van der Waals surface area contributed by atoms with Crippen molar-refractivity contribution in [2.24, 2.45) is 0 Å². The van der Waals surface area contributed by atoms with Gasteiger partial charge in [0, 0.05) is 37.2 Å². The smallest absolute Gasteiger partial charge is 0.109 e. The summed E-state index contributed by atoms with van der Waals surface area (Å²) in [6.07, 6.45) is 2.13. The molecule has 1 N–H and O–H groups in total. The van der Waals surface area contributed by atoms with Crippen LogP contribution in [-0.2, 0) is 24.9 Å². The van der Waals surface area contributed by atoms with Crippen LogP contribution in [0.1, 0.15) is 44.9 Å². The second-order valence-corrected chi connectivity index (χ2v) is 5.21. The Labute approximate surface area is 91.9 Å². The fraction of sp³-hybridized carbons (Fsp3) is 0.750. The number of aromatic nitrogens is 2. The monoisotopic (exact) mass is 207 g/mol. The molecule has 0 aliphatic carbocycles. The van der Waals surface area contributed by atoms with E-state index in [0.717, 1.165) is 25.9 Å². The first kappa shape index (κ1) is 10.7. The molecular weight excluding hydrogens is 186 g/mol. The summed E-state index contributed by atoms with van der Waals surface area (Å²) in [5.41, 5.74) is 2.86. The van der Waals surface area contributed by atoms with Crippen LogP contribution < -0.4 is 5.32 Å². The van der Waals surface area contributed by atoms with Crippen LogP contribution in [0.4, 0.5) is 0 Å². The highest BCUT2D eigenvalue weighted by Crippen LogP contribution is 2.25. The molecule has 0 saturated heterocycles. The van der Waals surface area contributed by atoms with E-state index in [2.05, 4.69) is 37.6 Å². The number of hydrogen-bond acceptors (Lipinski definition) is 2. The average Bonchev–Trinajstić information content (AvgIpc) is 2.54. The highest BCUT2D eigenvalue weighted by atomic mass is 15.2. The lowest BCUT2D eigenvalue weighted by molar-refractivity contribution is 0.368. The molecule has 1 aliphatic heterocycles. The van der Waals surface area contributed by atoms with Crippen molar-refractivity contribution in [3.8, 4) is 0 Å². The SMILES string of the molecule is CCc1nc2c(n1C(C)(C)C)CCNC2. The Kier molecular flexibility index (Phi) is 2.59. The Morgan fingerprint density at radius 2 is 2.13 bits per heavy atom. The number of imidazole rings is 1. The molecule has 1 aromatic rings. The van der Waals surface area contributed by atoms with Crippen LogP contribution in [0.5, 0.6) is 0 Å². The van der Waals surface area contributed by atoms with Gasteiger partial charge in [0.15, 0.2) is 0 Å². The van der Waals surface area contributed by atoms with Crippen LogP contribution in [0.25, 0.3) is 0 Å². The normalized spacial score (nSPS) is 16.5. The molecule has 15 heavy (non-hydrogen) atoms. The predicted octanol–water partition coefficient (Wildman–Crippen LogP) is 1.85. The Hall–Kier alpha value is -0.830. The number of aryl methyl sites for hydroxylation is 1. The Morgan fingerprint density at radius 1 is 1.40 bits per heavy atom. The predicted molar refractivity (Wildman–Crippen MR) is 62.0 cm³/mol. The quantitative estimate of drug-likeness (QED) is 0.761. The fourth-order valence-corrected chi connectivity index (χ4v) is 2.40. The number of fused-ring (bicyclic) bond motifs is 1. The molecule has 3 nitrogen and oxygen atoms in total. The van der Waals surface area contributed by atoms with Gasteiger partial charge in [-0.05, 0) is 20.8 Å². The molecule has 0 aromatic carbocycles. The van der Waals surface area contributed by atoms with Gasteiger partial charge >= 0.3 is 0 Å². The summed E-state index contributed by atoms with van der Waals surface area (Å²) in [6, 6.07) is 0. The van der Waals surface area contributed by atoms with E-state index in [4.69, 9.17) is 4.98 Å². The molecule has 0 saturated carbocycles. The minimum Gasteiger partial charge on any atom is -0.326 e. The van der Waals surface area contributed by atoms with Crippen LogP contribution >= 0.6 is 0 Å². The van der Waals surface area contributed by atoms with E-state index >= 15 is 0 Å². The molecule has 1 aliphatic rings. The molecule has 2 rings (SSSR count). The first-order valence-electron chi connectivity index (χ1n) is 5.84. The van der Waals surface area contributed by atoms with Gasteiger partial charge in [0.05, 0.1) is 5.69 Å². The maximum absolute atomic E-state index is 4.74. The molecule has 0 bridgehead atoms. The summed E-state index contributed by atoms with van der Waals surface area (Å²) < 4.78 is 2.43. The first-order chi connectivity index (χ1) is 7.04. The van der Waals surface area contributed by atoms with E-state index in [-0.39, 0.29) is 5.54 Å². The van der Waals surface area contributed by atoms with E-state index in [1.54, 1.807) is 0 Å². The standard InChI is InChI=1S/C12H21N3/c1-5-11-14-9-8-13-7-6-10(9)15(11)12(2,3)4/h13H,5-8H2,1-4H3. The number of hydrogen-bond donors (Lipinski definition) is 1. The highest BCUT2D eigenvalue weighted by Gasteiger charge is 2.25. The zero-order valence-electron chi connectivity index (χ0n) is 10.2. The third kappa shape index (κ3) is 1.81. The van der Waals surface area contributed by atoms with Crippen molar-refractivity contribution >= 4 is 0 Å². The van der Waals surface area contributed by atoms with E-state index in [9.17, 15) is 0 Å². The number of nitrogens with zero attached hydrogens (tertiary/aromatic N) is 2. The summed E-state index contributed by atoms with van der Waals surface area (Å²) in [5.74, 6) is 1.23. The molecule has 0 spiro atoms. The molecule has 2 heterocycles. The van der Waals surface area contributed by atoms with Gasteiger partial charge in [-0.3, -0.25) is 0 Å². The van der Waals surface area contributed by atoms with E-state index in [1.807, 2.05) is 0 Å². The molecule has 0 unspecified atom stereocenters. The topological polar surface area (TPSA) is 29.9 Å². The van der Waals surface area contributed by atoms with Crippen LogP contribution in [-0.4, -0.2) is 16.1 Å². The molecule has 0 fully saturated rings. The minimum absolute atomic E-state index is 0.156. The summed E-state index contributed by atoms with van der Waals surface area (Å²) in [5, 5.41) is 3.38. The lowest BCUT2D eigenvalue weighted by Gasteiger charge is -2.27. The third-order valence-electron chi connectivity index (χ3n) is 2.94. The van der Waals surface area contributed by atoms with Gasteiger partial charge in [-0.25, -0.2) is 4.98 Å².